The zero-order chi connectivity index (χ0) is 19.9. The van der Waals surface area contributed by atoms with E-state index in [1.807, 2.05) is 6.07 Å². The minimum atomic E-state index is -0.543. The normalized spacial score (nSPS) is 18.6. The molecule has 2 atom stereocenters. The topological polar surface area (TPSA) is 89.8 Å². The first-order valence-corrected chi connectivity index (χ1v) is 9.09. The number of hydrogen-bond donors (Lipinski definition) is 2. The lowest BCUT2D eigenvalue weighted by atomic mass is 10.0. The molecule has 1 aromatic heterocycles. The van der Waals surface area contributed by atoms with Gasteiger partial charge in [-0.3, -0.25) is 9.59 Å². The summed E-state index contributed by atoms with van der Waals surface area (Å²) in [6.07, 6.45) is 4.43. The molecule has 0 aliphatic carbocycles. The van der Waals surface area contributed by atoms with E-state index in [0.717, 1.165) is 5.56 Å². The van der Waals surface area contributed by atoms with Gasteiger partial charge in [-0.1, -0.05) is 0 Å². The fraction of sp³-hybridized carbons (Fsp3) is 0.400. The van der Waals surface area contributed by atoms with Crippen LogP contribution in [0.3, 0.4) is 0 Å². The zero-order valence-electron chi connectivity index (χ0n) is 15.6. The van der Waals surface area contributed by atoms with Crippen LogP contribution >= 0.6 is 0 Å². The van der Waals surface area contributed by atoms with E-state index in [1.165, 1.54) is 19.2 Å². The number of amides is 2. The Labute approximate surface area is 162 Å². The fourth-order valence-corrected chi connectivity index (χ4v) is 3.03. The molecule has 0 spiro atoms. The second-order valence-corrected chi connectivity index (χ2v) is 6.66. The number of aryl methyl sites for hydroxylation is 1. The van der Waals surface area contributed by atoms with Crippen molar-refractivity contribution in [2.45, 2.75) is 25.4 Å². The van der Waals surface area contributed by atoms with Gasteiger partial charge in [0, 0.05) is 24.7 Å². The quantitative estimate of drug-likeness (QED) is 0.723. The molecule has 1 aliphatic rings. The SMILES string of the molecule is COc1ccc(NC(=O)[C@@H]2CO[C@H](CNC(=O)CCc3ccoc3)C2)cc1F. The molecule has 0 saturated carbocycles. The predicted octanol–water partition coefficient (Wildman–Crippen LogP) is 2.52. The molecule has 2 heterocycles. The highest BCUT2D eigenvalue weighted by Crippen LogP contribution is 2.24. The van der Waals surface area contributed by atoms with Crippen LogP contribution in [0.5, 0.6) is 5.75 Å². The Balaban J connectivity index is 1.40. The molecule has 0 radical (unpaired) electrons. The predicted molar refractivity (Wildman–Crippen MR) is 99.5 cm³/mol. The van der Waals surface area contributed by atoms with Crippen molar-refractivity contribution in [2.75, 3.05) is 25.6 Å². The summed E-state index contributed by atoms with van der Waals surface area (Å²) in [6, 6.07) is 6.07. The third kappa shape index (κ3) is 5.32. The molecule has 1 aromatic carbocycles. The largest absolute Gasteiger partial charge is 0.494 e. The number of nitrogens with one attached hydrogen (secondary N) is 2. The molecule has 0 unspecified atom stereocenters. The highest BCUT2D eigenvalue weighted by molar-refractivity contribution is 5.92. The number of ether oxygens (including phenoxy) is 2. The molecular weight excluding hydrogens is 367 g/mol. The zero-order valence-corrected chi connectivity index (χ0v) is 15.6. The molecule has 3 rings (SSSR count). The van der Waals surface area contributed by atoms with Gasteiger partial charge in [0.05, 0.1) is 38.3 Å². The third-order valence-electron chi connectivity index (χ3n) is 4.62. The molecule has 2 amide bonds. The van der Waals surface area contributed by atoms with Crippen LogP contribution in [-0.2, 0) is 20.7 Å². The van der Waals surface area contributed by atoms with Gasteiger partial charge in [-0.2, -0.15) is 0 Å². The second kappa shape index (κ2) is 9.36. The van der Waals surface area contributed by atoms with Gasteiger partial charge in [-0.25, -0.2) is 4.39 Å². The lowest BCUT2D eigenvalue weighted by Crippen LogP contribution is -2.32. The Morgan fingerprint density at radius 2 is 2.18 bits per heavy atom. The molecule has 0 bridgehead atoms. The van der Waals surface area contributed by atoms with Crippen LogP contribution in [0.2, 0.25) is 0 Å². The average Bonchev–Trinajstić information content (AvgIpc) is 3.37. The Hall–Kier alpha value is -2.87. The van der Waals surface area contributed by atoms with Crippen LogP contribution in [0.15, 0.2) is 41.2 Å². The van der Waals surface area contributed by atoms with Gasteiger partial charge in [0.15, 0.2) is 11.6 Å². The summed E-state index contributed by atoms with van der Waals surface area (Å²) in [6.45, 7) is 0.616. The minimum absolute atomic E-state index is 0.0774. The smallest absolute Gasteiger partial charge is 0.229 e. The molecule has 7 nitrogen and oxygen atoms in total. The van der Waals surface area contributed by atoms with E-state index in [1.54, 1.807) is 18.6 Å². The van der Waals surface area contributed by atoms with Crippen LogP contribution in [0.1, 0.15) is 18.4 Å². The number of carbonyl (C=O) groups is 2. The van der Waals surface area contributed by atoms with Crippen molar-refractivity contribution in [3.8, 4) is 5.75 Å². The van der Waals surface area contributed by atoms with Crippen LogP contribution in [0.25, 0.3) is 0 Å². The van der Waals surface area contributed by atoms with Gasteiger partial charge in [-0.05, 0) is 36.6 Å². The van der Waals surface area contributed by atoms with E-state index in [4.69, 9.17) is 13.9 Å². The highest BCUT2D eigenvalue weighted by atomic mass is 19.1. The number of rotatable bonds is 8. The standard InChI is InChI=1S/C20H23FN2O5/c1-26-18-4-3-15(9-17(18)21)23-20(25)14-8-16(28-12-14)10-22-19(24)5-2-13-6-7-27-11-13/h3-4,6-7,9,11,14,16H,2,5,8,10,12H2,1H3,(H,22,24)(H,23,25)/t14-,16-/m0/s1. The number of furan rings is 1. The Morgan fingerprint density at radius 3 is 2.89 bits per heavy atom. The molecule has 1 saturated heterocycles. The summed E-state index contributed by atoms with van der Waals surface area (Å²) in [4.78, 5) is 24.3. The van der Waals surface area contributed by atoms with Crippen LogP contribution in [-0.4, -0.2) is 38.2 Å². The maximum absolute atomic E-state index is 13.7. The second-order valence-electron chi connectivity index (χ2n) is 6.66. The van der Waals surface area contributed by atoms with Gasteiger partial charge in [-0.15, -0.1) is 0 Å². The van der Waals surface area contributed by atoms with Crippen molar-refractivity contribution in [2.24, 2.45) is 5.92 Å². The van der Waals surface area contributed by atoms with Gasteiger partial charge < -0.3 is 24.5 Å². The number of benzene rings is 1. The van der Waals surface area contributed by atoms with Crippen molar-refractivity contribution in [1.29, 1.82) is 0 Å². The minimum Gasteiger partial charge on any atom is -0.494 e. The maximum atomic E-state index is 13.7. The Morgan fingerprint density at radius 1 is 1.32 bits per heavy atom. The lowest BCUT2D eigenvalue weighted by molar-refractivity contribution is -0.121. The van der Waals surface area contributed by atoms with E-state index in [9.17, 15) is 14.0 Å². The number of carbonyl (C=O) groups excluding carboxylic acids is 2. The Kier molecular flexibility index (Phi) is 6.65. The van der Waals surface area contributed by atoms with E-state index >= 15 is 0 Å². The summed E-state index contributed by atoms with van der Waals surface area (Å²) in [5.74, 6) is -1.09. The van der Waals surface area contributed by atoms with Crippen LogP contribution < -0.4 is 15.4 Å². The number of methoxy groups -OCH3 is 1. The molecule has 1 aliphatic heterocycles. The van der Waals surface area contributed by atoms with Crippen LogP contribution in [0.4, 0.5) is 10.1 Å². The molecule has 2 N–H and O–H groups in total. The first-order chi connectivity index (χ1) is 13.5. The molecular formula is C20H23FN2O5. The van der Waals surface area contributed by atoms with Gasteiger partial charge >= 0.3 is 0 Å². The first kappa shape index (κ1) is 19.9. The molecule has 1 fully saturated rings. The Bertz CT molecular complexity index is 809. The van der Waals surface area contributed by atoms with Gasteiger partial charge in [0.1, 0.15) is 0 Å². The van der Waals surface area contributed by atoms with E-state index < -0.39 is 5.82 Å². The molecule has 150 valence electrons. The molecule has 28 heavy (non-hydrogen) atoms. The summed E-state index contributed by atoms with van der Waals surface area (Å²) < 4.78 is 29.1. The number of halogens is 1. The van der Waals surface area contributed by atoms with Crippen molar-refractivity contribution in [3.05, 3.63) is 48.2 Å². The van der Waals surface area contributed by atoms with Crippen molar-refractivity contribution in [1.82, 2.24) is 5.32 Å². The van der Waals surface area contributed by atoms with E-state index in [-0.39, 0.29) is 36.2 Å². The monoisotopic (exact) mass is 390 g/mol. The number of anilines is 1. The maximum Gasteiger partial charge on any atom is 0.229 e. The summed E-state index contributed by atoms with van der Waals surface area (Å²) in [5.41, 5.74) is 1.33. The number of hydrogen-bond acceptors (Lipinski definition) is 5. The van der Waals surface area contributed by atoms with Crippen molar-refractivity contribution in [3.63, 3.8) is 0 Å². The van der Waals surface area contributed by atoms with E-state index in [0.29, 0.717) is 31.5 Å². The average molecular weight is 390 g/mol. The van der Waals surface area contributed by atoms with Crippen molar-refractivity contribution < 1.29 is 27.9 Å². The summed E-state index contributed by atoms with van der Waals surface area (Å²) >= 11 is 0. The van der Waals surface area contributed by atoms with Crippen LogP contribution in [0, 0.1) is 11.7 Å². The van der Waals surface area contributed by atoms with Crippen molar-refractivity contribution >= 4 is 17.5 Å². The summed E-state index contributed by atoms with van der Waals surface area (Å²) in [5, 5.41) is 5.51. The lowest BCUT2D eigenvalue weighted by Gasteiger charge is -2.12. The highest BCUT2D eigenvalue weighted by Gasteiger charge is 2.31. The summed E-state index contributed by atoms with van der Waals surface area (Å²) in [7, 11) is 1.38. The van der Waals surface area contributed by atoms with Gasteiger partial charge in [0.2, 0.25) is 11.8 Å². The van der Waals surface area contributed by atoms with E-state index in [2.05, 4.69) is 10.6 Å². The molecule has 2 aromatic rings. The fourth-order valence-electron chi connectivity index (χ4n) is 3.03. The van der Waals surface area contributed by atoms with Gasteiger partial charge in [0.25, 0.3) is 0 Å². The first-order valence-electron chi connectivity index (χ1n) is 9.09. The molecule has 8 heteroatoms. The third-order valence-corrected chi connectivity index (χ3v) is 4.62.